The maximum absolute atomic E-state index is 10.6. The van der Waals surface area contributed by atoms with Crippen LogP contribution < -0.4 is 5.32 Å². The molecule has 1 amide bonds. The van der Waals surface area contributed by atoms with Gasteiger partial charge in [0.15, 0.2) is 0 Å². The van der Waals surface area contributed by atoms with Crippen molar-refractivity contribution in [3.63, 3.8) is 0 Å². The molecule has 1 aliphatic rings. The Bertz CT molecular complexity index is 576. The van der Waals surface area contributed by atoms with Crippen LogP contribution in [0, 0.1) is 10.1 Å². The van der Waals surface area contributed by atoms with E-state index >= 15 is 0 Å². The van der Waals surface area contributed by atoms with E-state index < -0.39 is 10.8 Å². The predicted octanol–water partition coefficient (Wildman–Crippen LogP) is -1.00. The average Bonchev–Trinajstić information content (AvgIpc) is 2.84. The van der Waals surface area contributed by atoms with Crippen LogP contribution in [-0.2, 0) is 17.7 Å². The van der Waals surface area contributed by atoms with E-state index in [4.69, 9.17) is 0 Å². The van der Waals surface area contributed by atoms with Crippen LogP contribution in [0.2, 0.25) is 0 Å². The van der Waals surface area contributed by atoms with Crippen LogP contribution >= 0.6 is 0 Å². The first-order chi connectivity index (χ1) is 8.48. The number of nitro groups is 1. The summed E-state index contributed by atoms with van der Waals surface area (Å²) in [6.45, 7) is 0. The van der Waals surface area contributed by atoms with E-state index in [0.29, 0.717) is 6.41 Å². The summed E-state index contributed by atoms with van der Waals surface area (Å²) >= 11 is 0. The molecule has 0 saturated heterocycles. The fourth-order valence-corrected chi connectivity index (χ4v) is 1.40. The zero-order chi connectivity index (χ0) is 13.3. The zero-order valence-corrected chi connectivity index (χ0v) is 9.01. The fraction of sp³-hybridized carbons (Fsp3) is 0.286. The Morgan fingerprint density at radius 1 is 1.67 bits per heavy atom. The van der Waals surface area contributed by atoms with E-state index in [-0.39, 0.29) is 17.6 Å². The number of amides is 1. The van der Waals surface area contributed by atoms with Crippen molar-refractivity contribution in [2.45, 2.75) is 5.85 Å². The molecule has 1 unspecified atom stereocenters. The second kappa shape index (κ2) is 3.96. The minimum atomic E-state index is -2.17. The molecule has 0 radical (unpaired) electrons. The molecule has 2 N–H and O–H groups in total. The van der Waals surface area contributed by atoms with E-state index in [1.165, 1.54) is 7.05 Å². The van der Waals surface area contributed by atoms with E-state index in [1.807, 2.05) is 0 Å². The molecule has 0 aliphatic carbocycles. The third-order valence-electron chi connectivity index (χ3n) is 2.18. The highest BCUT2D eigenvalue weighted by atomic mass is 16.6. The summed E-state index contributed by atoms with van der Waals surface area (Å²) in [7, 11) is 1.33. The highest BCUT2D eigenvalue weighted by molar-refractivity contribution is 5.90. The summed E-state index contributed by atoms with van der Waals surface area (Å²) in [6.07, 6.45) is 1.27. The molecule has 11 nitrogen and oxygen atoms in total. The maximum Gasteiger partial charge on any atom is 0.359 e. The number of nitrogens with one attached hydrogen (secondary N) is 1. The molecule has 0 spiro atoms. The van der Waals surface area contributed by atoms with Gasteiger partial charge >= 0.3 is 11.7 Å². The van der Waals surface area contributed by atoms with Gasteiger partial charge in [-0.2, -0.15) is 4.99 Å². The number of aliphatic hydroxyl groups is 1. The Hall–Kier alpha value is -2.69. The first-order valence-corrected chi connectivity index (χ1v) is 4.60. The molecule has 0 saturated carbocycles. The van der Waals surface area contributed by atoms with Crippen LogP contribution in [0.5, 0.6) is 0 Å². The number of rotatable bonds is 3. The van der Waals surface area contributed by atoms with Gasteiger partial charge in [0.2, 0.25) is 12.4 Å². The van der Waals surface area contributed by atoms with Gasteiger partial charge in [0, 0.05) is 0 Å². The SMILES string of the molecule is Cn1c([N+](=O)[O-])cnc1C1(O)N=NC(NC=O)=N1. The Labute approximate surface area is 99.0 Å². The van der Waals surface area contributed by atoms with Crippen molar-refractivity contribution < 1.29 is 14.8 Å². The second-order valence-electron chi connectivity index (χ2n) is 3.29. The first kappa shape index (κ1) is 11.8. The lowest BCUT2D eigenvalue weighted by molar-refractivity contribution is -0.392. The molecule has 1 atom stereocenters. The number of hydrogen-bond donors (Lipinski definition) is 2. The fourth-order valence-electron chi connectivity index (χ4n) is 1.40. The summed E-state index contributed by atoms with van der Waals surface area (Å²) in [6, 6.07) is 0. The number of carbonyl (C=O) groups is 1. The molecule has 2 rings (SSSR count). The van der Waals surface area contributed by atoms with E-state index in [0.717, 1.165) is 10.8 Å². The number of imidazole rings is 1. The van der Waals surface area contributed by atoms with Gasteiger partial charge in [-0.1, -0.05) is 0 Å². The highest BCUT2D eigenvalue weighted by Gasteiger charge is 2.42. The smallest absolute Gasteiger partial charge is 0.358 e. The van der Waals surface area contributed by atoms with E-state index in [9.17, 15) is 20.0 Å². The van der Waals surface area contributed by atoms with Gasteiger partial charge in [0.1, 0.15) is 6.20 Å². The van der Waals surface area contributed by atoms with Gasteiger partial charge in [0.25, 0.3) is 5.82 Å². The van der Waals surface area contributed by atoms with Gasteiger partial charge in [-0.25, -0.2) is 9.55 Å². The summed E-state index contributed by atoms with van der Waals surface area (Å²) in [4.78, 5) is 27.4. The molecule has 1 aromatic rings. The lowest BCUT2D eigenvalue weighted by Crippen LogP contribution is -2.25. The molecular weight excluding hydrogens is 246 g/mol. The molecule has 1 aliphatic heterocycles. The number of nitrogens with zero attached hydrogens (tertiary/aromatic N) is 6. The minimum absolute atomic E-state index is 0.180. The molecule has 0 fully saturated rings. The lowest BCUT2D eigenvalue weighted by atomic mass is 10.4. The van der Waals surface area contributed by atoms with Gasteiger partial charge in [-0.15, -0.1) is 10.2 Å². The molecule has 2 heterocycles. The van der Waals surface area contributed by atoms with Gasteiger partial charge < -0.3 is 15.2 Å². The predicted molar refractivity (Wildman–Crippen MR) is 55.2 cm³/mol. The lowest BCUT2D eigenvalue weighted by Gasteiger charge is -2.09. The summed E-state index contributed by atoms with van der Waals surface area (Å²) in [5.74, 6) is -2.90. The quantitative estimate of drug-likeness (QED) is 0.402. The van der Waals surface area contributed by atoms with Gasteiger partial charge in [-0.3, -0.25) is 10.1 Å². The molecule has 18 heavy (non-hydrogen) atoms. The monoisotopic (exact) mass is 253 g/mol. The summed E-state index contributed by atoms with van der Waals surface area (Å²) < 4.78 is 1.02. The molecule has 1 aromatic heterocycles. The normalized spacial score (nSPS) is 21.8. The summed E-state index contributed by atoms with van der Waals surface area (Å²) in [5, 5.41) is 29.6. The van der Waals surface area contributed by atoms with Crippen LogP contribution in [0.3, 0.4) is 0 Å². The van der Waals surface area contributed by atoms with Crippen LogP contribution in [0.25, 0.3) is 0 Å². The third-order valence-corrected chi connectivity index (χ3v) is 2.18. The summed E-state index contributed by atoms with van der Waals surface area (Å²) in [5.41, 5.74) is 0. The maximum atomic E-state index is 10.6. The largest absolute Gasteiger partial charge is 0.359 e. The van der Waals surface area contributed by atoms with Crippen molar-refractivity contribution in [3.8, 4) is 0 Å². The minimum Gasteiger partial charge on any atom is -0.358 e. The van der Waals surface area contributed by atoms with E-state index in [1.54, 1.807) is 0 Å². The van der Waals surface area contributed by atoms with Crippen molar-refractivity contribution in [1.82, 2.24) is 14.9 Å². The Morgan fingerprint density at radius 3 is 2.94 bits per heavy atom. The van der Waals surface area contributed by atoms with Crippen molar-refractivity contribution in [3.05, 3.63) is 22.1 Å². The van der Waals surface area contributed by atoms with Crippen molar-refractivity contribution >= 4 is 18.2 Å². The van der Waals surface area contributed by atoms with Crippen LogP contribution in [0.4, 0.5) is 5.82 Å². The standard InChI is InChI=1S/C7H7N7O4/c1-13-4(14(17)18)2-8-5(13)7(16)10-6(9-3-15)11-12-7/h2-3,16H,1H3,(H,9,10,15). The van der Waals surface area contributed by atoms with Gasteiger partial charge in [-0.05, 0) is 4.92 Å². The Balaban J connectivity index is 2.41. The van der Waals surface area contributed by atoms with Crippen LogP contribution in [0.1, 0.15) is 5.82 Å². The third kappa shape index (κ3) is 1.71. The second-order valence-corrected chi connectivity index (χ2v) is 3.29. The topological polar surface area (TPSA) is 147 Å². The van der Waals surface area contributed by atoms with Crippen molar-refractivity contribution in [2.75, 3.05) is 0 Å². The average molecular weight is 253 g/mol. The molecule has 94 valence electrons. The molecular formula is C7H7N7O4. The Kier molecular flexibility index (Phi) is 2.59. The molecule has 0 aromatic carbocycles. The number of hydrogen-bond acceptors (Lipinski definition) is 8. The van der Waals surface area contributed by atoms with E-state index in [2.05, 4.69) is 25.5 Å². The first-order valence-electron chi connectivity index (χ1n) is 4.60. The van der Waals surface area contributed by atoms with Crippen LogP contribution in [-0.4, -0.2) is 32.0 Å². The molecule has 0 bridgehead atoms. The Morgan fingerprint density at radius 2 is 2.39 bits per heavy atom. The molecule has 11 heteroatoms. The number of aliphatic imine (C=N–C) groups is 1. The van der Waals surface area contributed by atoms with Gasteiger partial charge in [0.05, 0.1) is 7.05 Å². The zero-order valence-electron chi connectivity index (χ0n) is 9.01. The number of azo groups is 1. The number of aromatic nitrogens is 2. The van der Waals surface area contributed by atoms with Crippen molar-refractivity contribution in [1.29, 1.82) is 0 Å². The van der Waals surface area contributed by atoms with Crippen molar-refractivity contribution in [2.24, 2.45) is 22.3 Å². The number of guanidine groups is 1. The van der Waals surface area contributed by atoms with Crippen LogP contribution in [0.15, 0.2) is 21.4 Å². The highest BCUT2D eigenvalue weighted by Crippen LogP contribution is 2.29. The number of carbonyl (C=O) groups excluding carboxylic acids is 1.